The molecule has 0 fully saturated rings. The first kappa shape index (κ1) is 20.8. The average Bonchev–Trinajstić information content (AvgIpc) is 2.44. The first-order chi connectivity index (χ1) is 10.9. The van der Waals surface area contributed by atoms with Gasteiger partial charge in [-0.05, 0) is 24.3 Å². The van der Waals surface area contributed by atoms with Crippen molar-refractivity contribution in [2.45, 2.75) is 38.7 Å². The zero-order chi connectivity index (χ0) is 18.5. The van der Waals surface area contributed by atoms with Gasteiger partial charge in [0, 0.05) is 18.2 Å². The van der Waals surface area contributed by atoms with E-state index in [0.717, 1.165) is 6.07 Å². The number of aliphatic imine (C=N–C) groups is 1. The summed E-state index contributed by atoms with van der Waals surface area (Å²) < 4.78 is 39.9. The van der Waals surface area contributed by atoms with E-state index in [2.05, 4.69) is 24.6 Å². The zero-order valence-electron chi connectivity index (χ0n) is 14.2. The Labute approximate surface area is 145 Å². The maximum absolute atomic E-state index is 13.3. The fourth-order valence-electron chi connectivity index (χ4n) is 2.02. The number of hydrogen-bond acceptors (Lipinski definition) is 3. The number of aliphatic carboxylic acids is 1. The lowest BCUT2D eigenvalue weighted by atomic mass is 10.00. The smallest absolute Gasteiger partial charge is 0.416 e. The molecule has 1 aromatic carbocycles. The zero-order valence-corrected chi connectivity index (χ0v) is 16.0. The van der Waals surface area contributed by atoms with Crippen LogP contribution in [0.25, 0.3) is 0 Å². The summed E-state index contributed by atoms with van der Waals surface area (Å²) in [7, 11) is -1.44. The monoisotopic (exact) mass is 377 g/mol. The Hall–Kier alpha value is -1.28. The van der Waals surface area contributed by atoms with E-state index >= 15 is 0 Å². The SMILES string of the molecule is CSC(=NC[Si](C)(C)C)c1ccc(CCC(=O)O)c(C(F)(F)F)c1. The van der Waals surface area contributed by atoms with E-state index in [0.29, 0.717) is 16.8 Å². The van der Waals surface area contributed by atoms with Crippen LogP contribution in [-0.4, -0.2) is 36.6 Å². The second kappa shape index (κ2) is 8.20. The molecule has 0 atom stereocenters. The molecule has 0 saturated heterocycles. The van der Waals surface area contributed by atoms with E-state index < -0.39 is 25.8 Å². The molecule has 1 N–H and O–H groups in total. The molecule has 0 aromatic heterocycles. The Morgan fingerprint density at radius 1 is 1.29 bits per heavy atom. The van der Waals surface area contributed by atoms with Gasteiger partial charge in [0.1, 0.15) is 0 Å². The van der Waals surface area contributed by atoms with Crippen LogP contribution in [0.4, 0.5) is 13.2 Å². The molecule has 8 heteroatoms. The molecule has 3 nitrogen and oxygen atoms in total. The van der Waals surface area contributed by atoms with Crippen molar-refractivity contribution in [2.75, 3.05) is 12.4 Å². The fourth-order valence-corrected chi connectivity index (χ4v) is 3.32. The predicted octanol–water partition coefficient (Wildman–Crippen LogP) is 4.71. The maximum Gasteiger partial charge on any atom is 0.416 e. The van der Waals surface area contributed by atoms with Gasteiger partial charge in [0.2, 0.25) is 0 Å². The fraction of sp³-hybridized carbons (Fsp3) is 0.500. The van der Waals surface area contributed by atoms with Crippen molar-refractivity contribution < 1.29 is 23.1 Å². The third-order valence-corrected chi connectivity index (χ3v) is 5.02. The van der Waals surface area contributed by atoms with E-state index in [-0.39, 0.29) is 18.4 Å². The summed E-state index contributed by atoms with van der Waals surface area (Å²) in [6.07, 6.45) is -2.57. The van der Waals surface area contributed by atoms with Gasteiger partial charge < -0.3 is 5.11 Å². The minimum atomic E-state index is -4.52. The predicted molar refractivity (Wildman–Crippen MR) is 95.7 cm³/mol. The summed E-state index contributed by atoms with van der Waals surface area (Å²) in [6, 6.07) is 4.03. The average molecular weight is 378 g/mol. The van der Waals surface area contributed by atoms with Gasteiger partial charge in [-0.25, -0.2) is 0 Å². The summed E-state index contributed by atoms with van der Waals surface area (Å²) >= 11 is 1.32. The minimum absolute atomic E-state index is 0.000649. The number of nitrogens with zero attached hydrogens (tertiary/aromatic N) is 1. The van der Waals surface area contributed by atoms with Gasteiger partial charge in [0.25, 0.3) is 0 Å². The molecule has 0 spiro atoms. The van der Waals surface area contributed by atoms with Gasteiger partial charge in [0.15, 0.2) is 0 Å². The minimum Gasteiger partial charge on any atom is -0.481 e. The van der Waals surface area contributed by atoms with Crippen LogP contribution in [0.2, 0.25) is 19.6 Å². The first-order valence-electron chi connectivity index (χ1n) is 7.45. The normalized spacial score (nSPS) is 13.2. The van der Waals surface area contributed by atoms with Crippen LogP contribution in [0, 0.1) is 0 Å². The number of carbonyl (C=O) groups is 1. The van der Waals surface area contributed by atoms with Crippen molar-refractivity contribution in [3.8, 4) is 0 Å². The second-order valence-corrected chi connectivity index (χ2v) is 12.9. The lowest BCUT2D eigenvalue weighted by Gasteiger charge is -2.16. The van der Waals surface area contributed by atoms with Gasteiger partial charge in [-0.1, -0.05) is 31.8 Å². The van der Waals surface area contributed by atoms with Crippen molar-refractivity contribution in [3.63, 3.8) is 0 Å². The van der Waals surface area contributed by atoms with Gasteiger partial charge in [0.05, 0.1) is 18.7 Å². The molecule has 0 saturated carbocycles. The molecule has 0 heterocycles. The van der Waals surface area contributed by atoms with Crippen molar-refractivity contribution in [1.29, 1.82) is 0 Å². The van der Waals surface area contributed by atoms with Gasteiger partial charge in [-0.2, -0.15) is 13.2 Å². The van der Waals surface area contributed by atoms with E-state index in [4.69, 9.17) is 5.11 Å². The standard InChI is InChI=1S/C16H22F3NO2SSi/c1-23-15(20-10-24(2,3)4)12-6-5-11(7-8-14(21)22)13(9-12)16(17,18)19/h5-6,9H,7-8,10H2,1-4H3,(H,21,22). The lowest BCUT2D eigenvalue weighted by molar-refractivity contribution is -0.140. The molecule has 24 heavy (non-hydrogen) atoms. The summed E-state index contributed by atoms with van der Waals surface area (Å²) in [5.41, 5.74) is -0.359. The topological polar surface area (TPSA) is 49.7 Å². The highest BCUT2D eigenvalue weighted by molar-refractivity contribution is 8.13. The number of benzene rings is 1. The quantitative estimate of drug-likeness (QED) is 0.444. The molecule has 0 aliphatic carbocycles. The highest BCUT2D eigenvalue weighted by atomic mass is 32.2. The Balaban J connectivity index is 3.24. The van der Waals surface area contributed by atoms with Gasteiger partial charge in [-0.15, -0.1) is 11.8 Å². The van der Waals surface area contributed by atoms with Crippen LogP contribution in [0.1, 0.15) is 23.1 Å². The molecule has 0 unspecified atom stereocenters. The largest absolute Gasteiger partial charge is 0.481 e. The summed E-state index contributed by atoms with van der Waals surface area (Å²) in [4.78, 5) is 15.1. The molecule has 1 rings (SSSR count). The number of rotatable bonds is 6. The number of hydrogen-bond donors (Lipinski definition) is 1. The molecular weight excluding hydrogens is 355 g/mol. The van der Waals surface area contributed by atoms with Crippen LogP contribution in [0.3, 0.4) is 0 Å². The van der Waals surface area contributed by atoms with Crippen molar-refractivity contribution >= 4 is 30.8 Å². The summed E-state index contributed by atoms with van der Waals surface area (Å²) in [5.74, 6) is -1.12. The van der Waals surface area contributed by atoms with E-state index in [1.807, 2.05) is 0 Å². The lowest BCUT2D eigenvalue weighted by Crippen LogP contribution is -2.25. The number of halogens is 3. The molecule has 0 radical (unpaired) electrons. The molecule has 0 amide bonds. The third-order valence-electron chi connectivity index (χ3n) is 3.16. The number of thioether (sulfide) groups is 1. The highest BCUT2D eigenvalue weighted by Gasteiger charge is 2.33. The van der Waals surface area contributed by atoms with Crippen LogP contribution >= 0.6 is 11.8 Å². The number of carboxylic acids is 1. The van der Waals surface area contributed by atoms with Gasteiger partial charge >= 0.3 is 12.1 Å². The van der Waals surface area contributed by atoms with Gasteiger partial charge in [-0.3, -0.25) is 9.79 Å². The Kier molecular flexibility index (Phi) is 7.09. The van der Waals surface area contributed by atoms with E-state index in [1.165, 1.54) is 17.8 Å². The molecule has 0 bridgehead atoms. The maximum atomic E-state index is 13.3. The summed E-state index contributed by atoms with van der Waals surface area (Å²) in [6.45, 7) is 6.43. The molecule has 1 aromatic rings. The molecule has 0 aliphatic heterocycles. The highest BCUT2D eigenvalue weighted by Crippen LogP contribution is 2.34. The molecule has 134 valence electrons. The van der Waals surface area contributed by atoms with E-state index in [9.17, 15) is 18.0 Å². The molecule has 0 aliphatic rings. The van der Waals surface area contributed by atoms with Crippen LogP contribution in [0.5, 0.6) is 0 Å². The van der Waals surface area contributed by atoms with Crippen LogP contribution in [0.15, 0.2) is 23.2 Å². The van der Waals surface area contributed by atoms with Crippen LogP contribution < -0.4 is 0 Å². The van der Waals surface area contributed by atoms with Crippen molar-refractivity contribution in [2.24, 2.45) is 4.99 Å². The van der Waals surface area contributed by atoms with Crippen molar-refractivity contribution in [3.05, 3.63) is 34.9 Å². The van der Waals surface area contributed by atoms with Crippen molar-refractivity contribution in [1.82, 2.24) is 0 Å². The summed E-state index contributed by atoms with van der Waals surface area (Å²) in [5, 5.41) is 9.27. The number of carboxylic acid groups (broad SMARTS) is 1. The molecular formula is C16H22F3NO2SSi. The number of aryl methyl sites for hydroxylation is 1. The number of alkyl halides is 3. The van der Waals surface area contributed by atoms with E-state index in [1.54, 1.807) is 12.3 Å². The Morgan fingerprint density at radius 3 is 2.38 bits per heavy atom. The third kappa shape index (κ3) is 6.68. The first-order valence-corrected chi connectivity index (χ1v) is 12.4. The second-order valence-electron chi connectivity index (χ2n) is 6.65. The Bertz CT molecular complexity index is 625. The van der Waals surface area contributed by atoms with Crippen LogP contribution in [-0.2, 0) is 17.4 Å². The Morgan fingerprint density at radius 2 is 1.92 bits per heavy atom.